The van der Waals surface area contributed by atoms with E-state index in [1.807, 2.05) is 30.3 Å². The number of allylic oxidation sites excluding steroid dienone is 2. The third-order valence-corrected chi connectivity index (χ3v) is 11.4. The van der Waals surface area contributed by atoms with Gasteiger partial charge in [-0.05, 0) is 25.5 Å². The van der Waals surface area contributed by atoms with Gasteiger partial charge in [0.25, 0.3) is 11.7 Å². The number of hydrazone groups is 1. The molecule has 15 heteroatoms. The number of hydrogen-bond donors (Lipinski definition) is 7. The fraction of sp³-hybridized carbons (Fsp3) is 0.422. The number of ketones is 1. The van der Waals surface area contributed by atoms with Crippen molar-refractivity contribution < 1.29 is 58.9 Å². The van der Waals surface area contributed by atoms with Gasteiger partial charge in [0.2, 0.25) is 0 Å². The summed E-state index contributed by atoms with van der Waals surface area (Å²) in [6.07, 6.45) is 4.65. The van der Waals surface area contributed by atoms with Crippen molar-refractivity contribution in [2.24, 2.45) is 28.8 Å². The highest BCUT2D eigenvalue weighted by molar-refractivity contribution is 6.23. The van der Waals surface area contributed by atoms with Gasteiger partial charge in [-0.3, -0.25) is 14.4 Å². The van der Waals surface area contributed by atoms with Gasteiger partial charge in [0.05, 0.1) is 59.5 Å². The highest BCUT2D eigenvalue weighted by atomic mass is 16.7. The number of phenols is 3. The normalized spacial score (nSPS) is 29.7. The number of ether oxygens (including phenoxy) is 4. The molecule has 3 aliphatic rings. The van der Waals surface area contributed by atoms with Crippen LogP contribution in [0.25, 0.3) is 10.8 Å². The minimum atomic E-state index is -2.06. The number of aliphatic hydroxyl groups is 2. The summed E-state index contributed by atoms with van der Waals surface area (Å²) in [6.45, 7) is 12.7. The second kappa shape index (κ2) is 18.6. The summed E-state index contributed by atoms with van der Waals surface area (Å²) in [6, 6.07) is 9.34. The van der Waals surface area contributed by atoms with Gasteiger partial charge in [0.1, 0.15) is 23.4 Å². The second-order valence-electron chi connectivity index (χ2n) is 15.7. The molecule has 60 heavy (non-hydrogen) atoms. The number of methoxy groups -OCH3 is 1. The van der Waals surface area contributed by atoms with E-state index in [0.29, 0.717) is 0 Å². The molecule has 3 heterocycles. The predicted octanol–water partition coefficient (Wildman–Crippen LogP) is 5.88. The SMILES string of the molecule is CO[C@H]1/C=C/O[C@@]2(C)Oc3c(C)c(O)c4c(O)c(c(/C=N/NCc5ccccc5)c(O)c4c3C2=O)NC(=O)/C(C)=C/C=C/[C@H](C)[C@H](O)[C@@H](C)[C@@H](O)[C@@H](C)[C@H](OC(C)=O)[C@@H]1C. The first kappa shape index (κ1) is 45.2. The molecule has 7 N–H and O–H groups in total. The molecule has 0 spiro atoms. The van der Waals surface area contributed by atoms with Gasteiger partial charge in [-0.2, -0.15) is 5.10 Å². The molecule has 0 aromatic heterocycles. The first-order valence-electron chi connectivity index (χ1n) is 19.7. The van der Waals surface area contributed by atoms with E-state index in [-0.39, 0.29) is 51.0 Å². The Morgan fingerprint density at radius 2 is 1.63 bits per heavy atom. The van der Waals surface area contributed by atoms with Gasteiger partial charge < -0.3 is 55.2 Å². The summed E-state index contributed by atoms with van der Waals surface area (Å²) in [5.74, 6) is -8.56. The lowest BCUT2D eigenvalue weighted by atomic mass is 9.78. The van der Waals surface area contributed by atoms with Gasteiger partial charge in [-0.25, -0.2) is 0 Å². The third kappa shape index (κ3) is 8.98. The van der Waals surface area contributed by atoms with Crippen molar-refractivity contribution in [3.8, 4) is 23.0 Å². The number of anilines is 1. The third-order valence-electron chi connectivity index (χ3n) is 11.4. The van der Waals surface area contributed by atoms with Crippen molar-refractivity contribution in [1.82, 2.24) is 5.43 Å². The summed E-state index contributed by atoms with van der Waals surface area (Å²) >= 11 is 0. The summed E-state index contributed by atoms with van der Waals surface area (Å²) in [7, 11) is 1.43. The molecule has 3 aromatic carbocycles. The highest BCUT2D eigenvalue weighted by Crippen LogP contribution is 2.55. The number of nitrogens with zero attached hydrogens (tertiary/aromatic N) is 1. The number of esters is 1. The first-order valence-corrected chi connectivity index (χ1v) is 19.7. The molecule has 0 fully saturated rings. The number of aliphatic hydroxyl groups excluding tert-OH is 2. The van der Waals surface area contributed by atoms with Gasteiger partial charge >= 0.3 is 11.8 Å². The van der Waals surface area contributed by atoms with E-state index in [1.54, 1.807) is 39.8 Å². The Bertz CT molecular complexity index is 2240. The van der Waals surface area contributed by atoms with Crippen molar-refractivity contribution in [3.63, 3.8) is 0 Å². The average Bonchev–Trinajstić information content (AvgIpc) is 3.48. The van der Waals surface area contributed by atoms with E-state index in [4.69, 9.17) is 18.9 Å². The Kier molecular flexibility index (Phi) is 14.0. The van der Waals surface area contributed by atoms with E-state index in [2.05, 4.69) is 15.8 Å². The van der Waals surface area contributed by atoms with Crippen molar-refractivity contribution in [2.45, 2.75) is 92.1 Å². The monoisotopic (exact) mass is 829 g/mol. The Balaban J connectivity index is 1.69. The quantitative estimate of drug-likeness (QED) is 0.0508. The van der Waals surface area contributed by atoms with Crippen LogP contribution in [0.1, 0.15) is 75.5 Å². The van der Waals surface area contributed by atoms with Crippen LogP contribution in [0.4, 0.5) is 5.69 Å². The molecular weight excluding hydrogens is 775 g/mol. The fourth-order valence-electron chi connectivity index (χ4n) is 7.72. The Morgan fingerprint density at radius 3 is 2.28 bits per heavy atom. The molecule has 0 saturated heterocycles. The predicted molar refractivity (Wildman–Crippen MR) is 225 cm³/mol. The molecule has 0 saturated carbocycles. The number of fused-ring (bicyclic) bond motifs is 14. The van der Waals surface area contributed by atoms with Crippen LogP contribution in [0.5, 0.6) is 23.0 Å². The van der Waals surface area contributed by atoms with Gasteiger partial charge in [-0.15, -0.1) is 0 Å². The number of nitrogens with one attached hydrogen (secondary N) is 2. The number of benzene rings is 3. The molecule has 15 nitrogen and oxygen atoms in total. The maximum atomic E-state index is 14.4. The second-order valence-corrected chi connectivity index (χ2v) is 15.7. The van der Waals surface area contributed by atoms with E-state index >= 15 is 0 Å². The summed E-state index contributed by atoms with van der Waals surface area (Å²) in [5.41, 5.74) is 3.25. The van der Waals surface area contributed by atoms with Crippen LogP contribution in [0.3, 0.4) is 0 Å². The zero-order valence-corrected chi connectivity index (χ0v) is 35.2. The Morgan fingerprint density at radius 1 is 0.950 bits per heavy atom. The van der Waals surface area contributed by atoms with Crippen molar-refractivity contribution >= 4 is 40.3 Å². The Hall–Kier alpha value is -5.90. The number of hydrogen-bond acceptors (Lipinski definition) is 14. The van der Waals surface area contributed by atoms with Crippen molar-refractivity contribution in [2.75, 3.05) is 12.4 Å². The number of Topliss-reactive ketones (excluding diaryl/α,β-unsaturated/α-hetero) is 1. The topological polar surface area (TPSA) is 226 Å². The van der Waals surface area contributed by atoms with Crippen LogP contribution in [0.15, 0.2) is 71.6 Å². The van der Waals surface area contributed by atoms with Crippen LogP contribution in [-0.2, 0) is 30.3 Å². The smallest absolute Gasteiger partial charge is 0.312 e. The zero-order valence-electron chi connectivity index (χ0n) is 35.2. The molecule has 5 bridgehead atoms. The standard InChI is InChI=1S/C45H55N3O12/c1-22-14-13-15-23(2)44(56)48-35-30(21-47-46-20-29-16-11-10-12-17-29)39(53)32-33(40(35)54)38(52)27(6)42-34(32)43(55)45(8,60-42)58-19-18-31(57-9)24(3)41(59-28(7)49)26(5)37(51)25(4)36(22)50/h10-19,21-22,24-26,31,36-37,41,46,50-54H,20H2,1-9H3,(H,48,56)/b14-13+,19-18+,23-15+,47-21+/t22-,24+,25+,26+,31-,36-,37+,41+,45-/m0/s1. The molecule has 3 aliphatic heterocycles. The Labute approximate surface area is 349 Å². The largest absolute Gasteiger partial charge is 0.507 e. The number of aromatic hydroxyl groups is 3. The van der Waals surface area contributed by atoms with Crippen molar-refractivity contribution in [3.05, 3.63) is 88.7 Å². The summed E-state index contributed by atoms with van der Waals surface area (Å²) in [5, 5.41) is 64.6. The van der Waals surface area contributed by atoms with Crippen molar-refractivity contribution in [1.29, 1.82) is 0 Å². The molecular formula is C45H55N3O12. The zero-order chi connectivity index (χ0) is 44.2. The molecule has 1 amide bonds. The number of carbonyl (C=O) groups excluding carboxylic acids is 3. The van der Waals surface area contributed by atoms with Crippen LogP contribution >= 0.6 is 0 Å². The summed E-state index contributed by atoms with van der Waals surface area (Å²) in [4.78, 5) is 40.5. The fourth-order valence-corrected chi connectivity index (χ4v) is 7.72. The molecule has 0 aliphatic carbocycles. The van der Waals surface area contributed by atoms with E-state index in [0.717, 1.165) is 5.56 Å². The lowest BCUT2D eigenvalue weighted by Crippen LogP contribution is -2.46. The first-order chi connectivity index (χ1) is 28.3. The molecule has 3 aromatic rings. The number of rotatable bonds is 6. The van der Waals surface area contributed by atoms with E-state index in [1.165, 1.54) is 59.4 Å². The lowest BCUT2D eigenvalue weighted by molar-refractivity contribution is -0.160. The molecule has 0 unspecified atom stereocenters. The van der Waals surface area contributed by atoms with E-state index in [9.17, 15) is 39.9 Å². The maximum Gasteiger partial charge on any atom is 0.312 e. The maximum absolute atomic E-state index is 14.4. The summed E-state index contributed by atoms with van der Waals surface area (Å²) < 4.78 is 23.6. The average molecular weight is 830 g/mol. The van der Waals surface area contributed by atoms with Crippen LogP contribution in [0.2, 0.25) is 0 Å². The minimum absolute atomic E-state index is 0.0394. The number of carbonyl (C=O) groups is 3. The highest BCUT2D eigenvalue weighted by Gasteiger charge is 2.50. The van der Waals surface area contributed by atoms with Crippen LogP contribution in [0, 0.1) is 30.6 Å². The van der Waals surface area contributed by atoms with E-state index < -0.39 is 88.8 Å². The molecule has 9 atom stereocenters. The number of phenolic OH excluding ortho intramolecular Hbond substituents is 3. The molecule has 322 valence electrons. The van der Waals surface area contributed by atoms with Gasteiger partial charge in [-0.1, -0.05) is 76.3 Å². The molecule has 0 radical (unpaired) electrons. The minimum Gasteiger partial charge on any atom is -0.507 e. The number of amides is 1. The van der Waals surface area contributed by atoms with Crippen LogP contribution in [-0.4, -0.2) is 86.7 Å². The van der Waals surface area contributed by atoms with Gasteiger partial charge in [0, 0.05) is 61.2 Å². The van der Waals surface area contributed by atoms with Gasteiger partial charge in [0.15, 0.2) is 5.75 Å². The van der Waals surface area contributed by atoms with Crippen LogP contribution < -0.4 is 15.5 Å². The molecule has 6 rings (SSSR count). The lowest BCUT2D eigenvalue weighted by Gasteiger charge is -2.38.